The van der Waals surface area contributed by atoms with E-state index in [9.17, 15) is 8.42 Å². The summed E-state index contributed by atoms with van der Waals surface area (Å²) in [5, 5.41) is 9.36. The summed E-state index contributed by atoms with van der Waals surface area (Å²) >= 11 is 11.9. The first kappa shape index (κ1) is 16.1. The van der Waals surface area contributed by atoms with Crippen LogP contribution in [0, 0.1) is 0 Å². The van der Waals surface area contributed by atoms with Gasteiger partial charge in [0.05, 0.1) is 15.6 Å². The molecule has 0 saturated carbocycles. The maximum atomic E-state index is 11.4. The summed E-state index contributed by atoms with van der Waals surface area (Å²) in [6.45, 7) is 1.93. The van der Waals surface area contributed by atoms with Gasteiger partial charge in [-0.15, -0.1) is 0 Å². The maximum Gasteiger partial charge on any atom is 0.238 e. The van der Waals surface area contributed by atoms with E-state index in [-0.39, 0.29) is 10.9 Å². The first-order valence-corrected chi connectivity index (χ1v) is 8.42. The van der Waals surface area contributed by atoms with Crippen LogP contribution < -0.4 is 10.5 Å². The van der Waals surface area contributed by atoms with Crippen LogP contribution in [-0.2, 0) is 10.0 Å². The molecule has 0 saturated heterocycles. The van der Waals surface area contributed by atoms with Gasteiger partial charge in [0, 0.05) is 11.1 Å². The van der Waals surface area contributed by atoms with E-state index in [0.29, 0.717) is 15.7 Å². The number of hydrogen-bond acceptors (Lipinski definition) is 3. The molecule has 0 fully saturated rings. The molecule has 2 aromatic rings. The lowest BCUT2D eigenvalue weighted by Gasteiger charge is -2.17. The van der Waals surface area contributed by atoms with Crippen LogP contribution in [0.3, 0.4) is 0 Å². The number of nitrogens with one attached hydrogen (secondary N) is 1. The monoisotopic (exact) mass is 344 g/mol. The third-order valence-corrected chi connectivity index (χ3v) is 4.50. The van der Waals surface area contributed by atoms with Crippen LogP contribution in [0.25, 0.3) is 0 Å². The molecule has 2 rings (SSSR count). The fourth-order valence-electron chi connectivity index (χ4n) is 1.86. The van der Waals surface area contributed by atoms with Crippen molar-refractivity contribution >= 4 is 38.9 Å². The molecule has 0 aliphatic heterocycles. The standard InChI is InChI=1S/C14H14Cl2N2O2S/c1-9(10-2-4-11(15)5-3-10)18-14-8-12(21(17,19)20)6-7-13(14)16/h2-9,18H,1H3,(H2,17,19,20). The molecule has 1 atom stereocenters. The number of benzene rings is 2. The topological polar surface area (TPSA) is 72.2 Å². The minimum atomic E-state index is -3.76. The second-order valence-electron chi connectivity index (χ2n) is 4.60. The Morgan fingerprint density at radius 1 is 1.10 bits per heavy atom. The molecule has 3 N–H and O–H groups in total. The van der Waals surface area contributed by atoms with Crippen LogP contribution in [0.5, 0.6) is 0 Å². The molecule has 0 bridgehead atoms. The van der Waals surface area contributed by atoms with Gasteiger partial charge in [0.15, 0.2) is 0 Å². The Bertz CT molecular complexity index is 746. The highest BCUT2D eigenvalue weighted by molar-refractivity contribution is 7.89. The van der Waals surface area contributed by atoms with Crippen molar-refractivity contribution in [1.82, 2.24) is 0 Å². The van der Waals surface area contributed by atoms with Gasteiger partial charge in [0.1, 0.15) is 0 Å². The van der Waals surface area contributed by atoms with E-state index in [1.807, 2.05) is 19.1 Å². The van der Waals surface area contributed by atoms with Crippen LogP contribution >= 0.6 is 23.2 Å². The van der Waals surface area contributed by atoms with Gasteiger partial charge in [-0.2, -0.15) is 0 Å². The van der Waals surface area contributed by atoms with Gasteiger partial charge in [-0.1, -0.05) is 35.3 Å². The quantitative estimate of drug-likeness (QED) is 0.885. The van der Waals surface area contributed by atoms with Gasteiger partial charge < -0.3 is 5.32 Å². The predicted molar refractivity (Wildman–Crippen MR) is 86.3 cm³/mol. The predicted octanol–water partition coefficient (Wildman–Crippen LogP) is 3.81. The Kier molecular flexibility index (Phi) is 4.78. The first-order valence-electron chi connectivity index (χ1n) is 6.12. The Morgan fingerprint density at radius 3 is 2.29 bits per heavy atom. The Labute approximate surface area is 133 Å². The molecule has 0 amide bonds. The van der Waals surface area contributed by atoms with E-state index in [1.54, 1.807) is 12.1 Å². The highest BCUT2D eigenvalue weighted by Crippen LogP contribution is 2.28. The van der Waals surface area contributed by atoms with E-state index >= 15 is 0 Å². The fourth-order valence-corrected chi connectivity index (χ4v) is 2.70. The second kappa shape index (κ2) is 6.23. The van der Waals surface area contributed by atoms with Crippen molar-refractivity contribution in [2.45, 2.75) is 17.9 Å². The lowest BCUT2D eigenvalue weighted by atomic mass is 10.1. The average molecular weight is 345 g/mol. The van der Waals surface area contributed by atoms with E-state index in [4.69, 9.17) is 28.3 Å². The molecule has 0 spiro atoms. The van der Waals surface area contributed by atoms with E-state index < -0.39 is 10.0 Å². The molecule has 0 aliphatic rings. The smallest absolute Gasteiger partial charge is 0.238 e. The fraction of sp³-hybridized carbons (Fsp3) is 0.143. The largest absolute Gasteiger partial charge is 0.377 e. The molecule has 0 radical (unpaired) electrons. The van der Waals surface area contributed by atoms with Crippen molar-refractivity contribution in [2.24, 2.45) is 5.14 Å². The zero-order valence-electron chi connectivity index (χ0n) is 11.2. The van der Waals surface area contributed by atoms with E-state index in [1.165, 1.54) is 18.2 Å². The number of sulfonamides is 1. The summed E-state index contributed by atoms with van der Waals surface area (Å²) in [5.74, 6) is 0. The van der Waals surface area contributed by atoms with Crippen molar-refractivity contribution in [3.63, 3.8) is 0 Å². The normalized spacial score (nSPS) is 13.0. The summed E-state index contributed by atoms with van der Waals surface area (Å²) in [6.07, 6.45) is 0. The minimum absolute atomic E-state index is 0.0118. The Morgan fingerprint density at radius 2 is 1.71 bits per heavy atom. The number of hydrogen-bond donors (Lipinski definition) is 2. The summed E-state index contributed by atoms with van der Waals surface area (Å²) < 4.78 is 22.8. The molecule has 4 nitrogen and oxygen atoms in total. The third-order valence-electron chi connectivity index (χ3n) is 3.01. The number of rotatable bonds is 4. The maximum absolute atomic E-state index is 11.4. The number of nitrogens with two attached hydrogens (primary N) is 1. The molecule has 0 aromatic heterocycles. The molecule has 2 aromatic carbocycles. The molecular weight excluding hydrogens is 331 g/mol. The zero-order valence-corrected chi connectivity index (χ0v) is 13.5. The van der Waals surface area contributed by atoms with Gasteiger partial charge >= 0.3 is 0 Å². The van der Waals surface area contributed by atoms with Gasteiger partial charge in [0.25, 0.3) is 0 Å². The van der Waals surface area contributed by atoms with E-state index in [2.05, 4.69) is 5.32 Å². The van der Waals surface area contributed by atoms with Crippen molar-refractivity contribution in [1.29, 1.82) is 0 Å². The van der Waals surface area contributed by atoms with Crippen LogP contribution in [0.2, 0.25) is 10.0 Å². The SMILES string of the molecule is CC(Nc1cc(S(N)(=O)=O)ccc1Cl)c1ccc(Cl)cc1. The first-order chi connectivity index (χ1) is 9.77. The molecule has 21 heavy (non-hydrogen) atoms. The van der Waals surface area contributed by atoms with Gasteiger partial charge in [-0.3, -0.25) is 0 Å². The van der Waals surface area contributed by atoms with Gasteiger partial charge in [-0.25, -0.2) is 13.6 Å². The van der Waals surface area contributed by atoms with Crippen molar-refractivity contribution < 1.29 is 8.42 Å². The van der Waals surface area contributed by atoms with Crippen LogP contribution in [0.15, 0.2) is 47.4 Å². The molecule has 0 heterocycles. The lowest BCUT2D eigenvalue weighted by Crippen LogP contribution is -2.13. The Hall–Kier alpha value is -1.27. The molecule has 0 aliphatic carbocycles. The molecule has 7 heteroatoms. The molecule has 112 valence electrons. The second-order valence-corrected chi connectivity index (χ2v) is 7.01. The number of anilines is 1. The summed E-state index contributed by atoms with van der Waals surface area (Å²) in [7, 11) is -3.76. The van der Waals surface area contributed by atoms with Crippen LogP contribution in [-0.4, -0.2) is 8.42 Å². The highest BCUT2D eigenvalue weighted by Gasteiger charge is 2.13. The van der Waals surface area contributed by atoms with Crippen LogP contribution in [0.1, 0.15) is 18.5 Å². The summed E-state index contributed by atoms with van der Waals surface area (Å²) in [6, 6.07) is 11.6. The van der Waals surface area contributed by atoms with Crippen LogP contribution in [0.4, 0.5) is 5.69 Å². The third kappa shape index (κ3) is 4.11. The molecular formula is C14H14Cl2N2O2S. The lowest BCUT2D eigenvalue weighted by molar-refractivity contribution is 0.598. The molecule has 1 unspecified atom stereocenters. The zero-order chi connectivity index (χ0) is 15.6. The van der Waals surface area contributed by atoms with Crippen molar-refractivity contribution in [3.05, 3.63) is 58.1 Å². The minimum Gasteiger partial charge on any atom is -0.377 e. The summed E-state index contributed by atoms with van der Waals surface area (Å²) in [4.78, 5) is 0.0118. The van der Waals surface area contributed by atoms with E-state index in [0.717, 1.165) is 5.56 Å². The number of halogens is 2. The van der Waals surface area contributed by atoms with Crippen molar-refractivity contribution in [2.75, 3.05) is 5.32 Å². The summed E-state index contributed by atoms with van der Waals surface area (Å²) in [5.41, 5.74) is 1.50. The van der Waals surface area contributed by atoms with Crippen molar-refractivity contribution in [3.8, 4) is 0 Å². The number of primary sulfonamides is 1. The Balaban J connectivity index is 2.28. The van der Waals surface area contributed by atoms with Gasteiger partial charge in [-0.05, 0) is 42.8 Å². The highest BCUT2D eigenvalue weighted by atomic mass is 35.5. The van der Waals surface area contributed by atoms with Gasteiger partial charge in [0.2, 0.25) is 10.0 Å². The average Bonchev–Trinajstić information content (AvgIpc) is 2.40.